The van der Waals surface area contributed by atoms with Gasteiger partial charge in [0.25, 0.3) is 0 Å². The zero-order chi connectivity index (χ0) is 20.4. The maximum absolute atomic E-state index is 12.6. The van der Waals surface area contributed by atoms with E-state index in [0.29, 0.717) is 22.4 Å². The molecule has 0 atom stereocenters. The number of anilines is 1. The Bertz CT molecular complexity index is 1010. The summed E-state index contributed by atoms with van der Waals surface area (Å²) in [6.07, 6.45) is 0. The molecule has 0 radical (unpaired) electrons. The number of hydrogen-bond donors (Lipinski definition) is 1. The molecule has 0 aliphatic heterocycles. The highest BCUT2D eigenvalue weighted by Gasteiger charge is 2.22. The average molecular weight is 388 g/mol. The molecular weight excluding hydrogens is 362 g/mol. The summed E-state index contributed by atoms with van der Waals surface area (Å²) >= 11 is 0. The van der Waals surface area contributed by atoms with Crippen molar-refractivity contribution in [2.75, 3.05) is 11.1 Å². The first-order chi connectivity index (χ1) is 12.5. The number of carbonyl (C=O) groups is 2. The van der Waals surface area contributed by atoms with Crippen LogP contribution in [0.1, 0.15) is 45.1 Å². The number of nitrogens with one attached hydrogen (secondary N) is 1. The number of hydrogen-bond acceptors (Lipinski definition) is 4. The van der Waals surface area contributed by atoms with Crippen molar-refractivity contribution in [2.24, 2.45) is 0 Å². The summed E-state index contributed by atoms with van der Waals surface area (Å²) in [5.41, 5.74) is 4.98. The molecule has 2 aromatic rings. The second-order valence-electron chi connectivity index (χ2n) is 7.00. The monoisotopic (exact) mass is 387 g/mol. The van der Waals surface area contributed by atoms with Crippen LogP contribution in [0.5, 0.6) is 0 Å². The lowest BCUT2D eigenvalue weighted by molar-refractivity contribution is -0.113. The fraction of sp³-hybridized carbons (Fsp3) is 0.333. The van der Waals surface area contributed by atoms with Gasteiger partial charge in [0.15, 0.2) is 15.6 Å². The molecule has 5 nitrogen and oxygen atoms in total. The molecule has 0 saturated heterocycles. The maximum atomic E-state index is 12.6. The van der Waals surface area contributed by atoms with Crippen LogP contribution in [0, 0.1) is 27.7 Å². The van der Waals surface area contributed by atoms with Crippen LogP contribution < -0.4 is 5.32 Å². The summed E-state index contributed by atoms with van der Waals surface area (Å²) in [5.74, 6) is -1.55. The van der Waals surface area contributed by atoms with Gasteiger partial charge in [0.2, 0.25) is 5.91 Å². The van der Waals surface area contributed by atoms with Crippen molar-refractivity contribution in [2.45, 2.75) is 40.4 Å². The molecule has 144 valence electrons. The molecule has 6 heteroatoms. The van der Waals surface area contributed by atoms with Gasteiger partial charge >= 0.3 is 0 Å². The Labute approximate surface area is 160 Å². The Balaban J connectivity index is 2.22. The zero-order valence-electron chi connectivity index (χ0n) is 16.3. The van der Waals surface area contributed by atoms with Crippen LogP contribution in [0.2, 0.25) is 0 Å². The average Bonchev–Trinajstić information content (AvgIpc) is 2.50. The molecule has 1 N–H and O–H groups in total. The van der Waals surface area contributed by atoms with Crippen molar-refractivity contribution >= 4 is 27.2 Å². The molecule has 0 heterocycles. The lowest BCUT2D eigenvalue weighted by Gasteiger charge is -2.16. The molecule has 27 heavy (non-hydrogen) atoms. The van der Waals surface area contributed by atoms with Crippen molar-refractivity contribution in [3.05, 3.63) is 63.7 Å². The second kappa shape index (κ2) is 8.05. The van der Waals surface area contributed by atoms with Crippen LogP contribution in [-0.4, -0.2) is 25.9 Å². The molecule has 2 aromatic carbocycles. The highest BCUT2D eigenvalue weighted by Crippen LogP contribution is 2.25. The quantitative estimate of drug-likeness (QED) is 0.767. The molecule has 0 aliphatic carbocycles. The van der Waals surface area contributed by atoms with Gasteiger partial charge in [-0.2, -0.15) is 0 Å². The number of benzene rings is 2. The minimum atomic E-state index is -3.69. The Morgan fingerprint density at radius 1 is 1.00 bits per heavy atom. The molecular formula is C21H25NO4S. The molecule has 2 rings (SSSR count). The fourth-order valence-electron chi connectivity index (χ4n) is 3.38. The van der Waals surface area contributed by atoms with Gasteiger partial charge in [0.1, 0.15) is 5.75 Å². The predicted molar refractivity (Wildman–Crippen MR) is 108 cm³/mol. The molecule has 0 bridgehead atoms. The second-order valence-corrected chi connectivity index (χ2v) is 9.06. The van der Waals surface area contributed by atoms with Crippen LogP contribution in [0.4, 0.5) is 5.69 Å². The van der Waals surface area contributed by atoms with Gasteiger partial charge in [-0.05, 0) is 74.6 Å². The normalized spacial score (nSPS) is 11.3. The van der Waals surface area contributed by atoms with E-state index in [4.69, 9.17) is 0 Å². The zero-order valence-corrected chi connectivity index (χ0v) is 17.2. The van der Waals surface area contributed by atoms with Gasteiger partial charge in [0.05, 0.1) is 5.75 Å². The Morgan fingerprint density at radius 2 is 1.67 bits per heavy atom. The standard InChI is InChI=1S/C21H25NO4S/c1-13-7-6-8-18(9-13)22-20(24)12-27(25,26)11-19-14(2)10-15(3)21(16(19)4)17(5)23/h6-10H,11-12H2,1-5H3,(H,22,24). The first-order valence-electron chi connectivity index (χ1n) is 8.67. The molecule has 0 unspecified atom stereocenters. The number of amides is 1. The summed E-state index contributed by atoms with van der Waals surface area (Å²) in [6, 6.07) is 8.99. The van der Waals surface area contributed by atoms with Gasteiger partial charge in [-0.3, -0.25) is 9.59 Å². The third-order valence-corrected chi connectivity index (χ3v) is 5.93. The lowest BCUT2D eigenvalue weighted by Crippen LogP contribution is -2.24. The number of carbonyl (C=O) groups excluding carboxylic acids is 2. The Kier molecular flexibility index (Phi) is 6.21. The van der Waals surface area contributed by atoms with Gasteiger partial charge < -0.3 is 5.32 Å². The predicted octanol–water partition coefficient (Wildman–Crippen LogP) is 3.68. The highest BCUT2D eigenvalue weighted by atomic mass is 32.2. The molecule has 0 aliphatic rings. The Hall–Kier alpha value is -2.47. The van der Waals surface area contributed by atoms with E-state index in [1.165, 1.54) is 6.92 Å². The van der Waals surface area contributed by atoms with Crippen molar-refractivity contribution in [1.82, 2.24) is 0 Å². The van der Waals surface area contributed by atoms with Crippen LogP contribution >= 0.6 is 0 Å². The van der Waals surface area contributed by atoms with E-state index < -0.39 is 21.5 Å². The van der Waals surface area contributed by atoms with Gasteiger partial charge in [-0.25, -0.2) is 8.42 Å². The van der Waals surface area contributed by atoms with Gasteiger partial charge in [0, 0.05) is 11.3 Å². The lowest BCUT2D eigenvalue weighted by atomic mass is 9.92. The van der Waals surface area contributed by atoms with Gasteiger partial charge in [-0.15, -0.1) is 0 Å². The molecule has 0 fully saturated rings. The van der Waals surface area contributed by atoms with Crippen molar-refractivity contribution < 1.29 is 18.0 Å². The van der Waals surface area contributed by atoms with Gasteiger partial charge in [-0.1, -0.05) is 18.2 Å². The summed E-state index contributed by atoms with van der Waals surface area (Å²) < 4.78 is 25.2. The van der Waals surface area contributed by atoms with E-state index >= 15 is 0 Å². The van der Waals surface area contributed by atoms with Crippen molar-refractivity contribution in [1.29, 1.82) is 0 Å². The largest absolute Gasteiger partial charge is 0.325 e. The van der Waals surface area contributed by atoms with E-state index in [1.54, 1.807) is 25.1 Å². The Morgan fingerprint density at radius 3 is 2.26 bits per heavy atom. The number of rotatable bonds is 6. The first-order valence-corrected chi connectivity index (χ1v) is 10.5. The minimum absolute atomic E-state index is 0.0964. The van der Waals surface area contributed by atoms with E-state index in [-0.39, 0.29) is 11.5 Å². The van der Waals surface area contributed by atoms with E-state index in [2.05, 4.69) is 5.32 Å². The van der Waals surface area contributed by atoms with Crippen molar-refractivity contribution in [3.63, 3.8) is 0 Å². The summed E-state index contributed by atoms with van der Waals surface area (Å²) in [4.78, 5) is 24.1. The fourth-order valence-corrected chi connectivity index (χ4v) is 4.84. The minimum Gasteiger partial charge on any atom is -0.325 e. The van der Waals surface area contributed by atoms with E-state index in [9.17, 15) is 18.0 Å². The third kappa shape index (κ3) is 5.26. The number of Topliss-reactive ketones (excluding diaryl/α,β-unsaturated/α-hetero) is 1. The number of aryl methyl sites for hydroxylation is 3. The first kappa shape index (κ1) is 20.8. The molecule has 0 spiro atoms. The van der Waals surface area contributed by atoms with Crippen LogP contribution in [0.15, 0.2) is 30.3 Å². The SMILES string of the molecule is CC(=O)c1c(C)cc(C)c(CS(=O)(=O)CC(=O)Nc2cccc(C)c2)c1C. The summed E-state index contributed by atoms with van der Waals surface area (Å²) in [5, 5.41) is 2.62. The summed E-state index contributed by atoms with van der Waals surface area (Å²) in [7, 11) is -3.69. The molecule has 0 saturated carbocycles. The van der Waals surface area contributed by atoms with E-state index in [1.807, 2.05) is 32.9 Å². The van der Waals surface area contributed by atoms with Crippen LogP contribution in [-0.2, 0) is 20.4 Å². The smallest absolute Gasteiger partial charge is 0.239 e. The number of ketones is 1. The van der Waals surface area contributed by atoms with Crippen molar-refractivity contribution in [3.8, 4) is 0 Å². The van der Waals surface area contributed by atoms with Crippen LogP contribution in [0.25, 0.3) is 0 Å². The third-order valence-electron chi connectivity index (χ3n) is 4.50. The highest BCUT2D eigenvalue weighted by molar-refractivity contribution is 7.91. The topological polar surface area (TPSA) is 80.3 Å². The maximum Gasteiger partial charge on any atom is 0.239 e. The molecule has 1 amide bonds. The van der Waals surface area contributed by atoms with Crippen LogP contribution in [0.3, 0.4) is 0 Å². The number of sulfone groups is 1. The molecule has 0 aromatic heterocycles. The summed E-state index contributed by atoms with van der Waals surface area (Å²) in [6.45, 7) is 8.78. The van der Waals surface area contributed by atoms with E-state index in [0.717, 1.165) is 16.7 Å².